The summed E-state index contributed by atoms with van der Waals surface area (Å²) in [6.45, 7) is 0.245. The molecule has 0 saturated heterocycles. The van der Waals surface area contributed by atoms with Crippen LogP contribution in [-0.4, -0.2) is 16.8 Å². The summed E-state index contributed by atoms with van der Waals surface area (Å²) in [6, 6.07) is 15.5. The number of rotatable bonds is 2. The number of benzene rings is 2. The van der Waals surface area contributed by atoms with Gasteiger partial charge in [-0.25, -0.2) is 9.97 Å². The van der Waals surface area contributed by atoms with Gasteiger partial charge in [0.1, 0.15) is 0 Å². The molecule has 114 valence electrons. The fourth-order valence-electron chi connectivity index (χ4n) is 2.44. The van der Waals surface area contributed by atoms with Gasteiger partial charge in [-0.2, -0.15) is 0 Å². The molecule has 5 nitrogen and oxygen atoms in total. The Bertz CT molecular complexity index is 882. The fraction of sp³-hybridized carbons (Fsp3) is 0.0588. The molecule has 23 heavy (non-hydrogen) atoms. The van der Waals surface area contributed by atoms with Gasteiger partial charge in [0.25, 0.3) is 0 Å². The molecule has 1 aromatic heterocycles. The van der Waals surface area contributed by atoms with Gasteiger partial charge in [0.05, 0.1) is 11.4 Å². The Kier molecular flexibility index (Phi) is 3.38. The minimum Gasteiger partial charge on any atom is -0.454 e. The number of fused-ring (bicyclic) bond motifs is 1. The number of aromatic nitrogens is 2. The largest absolute Gasteiger partial charge is 0.454 e. The smallest absolute Gasteiger partial charge is 0.231 e. The molecule has 4 rings (SSSR count). The van der Waals surface area contributed by atoms with Crippen molar-refractivity contribution >= 4 is 21.9 Å². The van der Waals surface area contributed by atoms with E-state index in [1.165, 1.54) is 0 Å². The lowest BCUT2D eigenvalue weighted by Crippen LogP contribution is -1.98. The van der Waals surface area contributed by atoms with Crippen molar-refractivity contribution in [2.75, 3.05) is 12.5 Å². The van der Waals surface area contributed by atoms with Crippen LogP contribution in [0.2, 0.25) is 0 Å². The van der Waals surface area contributed by atoms with Crippen LogP contribution in [-0.2, 0) is 0 Å². The Hall–Kier alpha value is -2.60. The molecular weight excluding hydrogens is 358 g/mol. The molecule has 0 unspecified atom stereocenters. The van der Waals surface area contributed by atoms with Gasteiger partial charge >= 0.3 is 0 Å². The van der Waals surface area contributed by atoms with Crippen molar-refractivity contribution < 1.29 is 9.47 Å². The van der Waals surface area contributed by atoms with Crippen molar-refractivity contribution in [2.45, 2.75) is 0 Å². The molecule has 0 amide bonds. The van der Waals surface area contributed by atoms with Crippen LogP contribution in [0.15, 0.2) is 53.0 Å². The quantitative estimate of drug-likeness (QED) is 0.741. The number of ether oxygens (including phenoxy) is 2. The number of nitrogen functional groups attached to an aromatic ring is 1. The van der Waals surface area contributed by atoms with Crippen LogP contribution in [0, 0.1) is 0 Å². The summed E-state index contributed by atoms with van der Waals surface area (Å²) in [6.07, 6.45) is 0. The van der Waals surface area contributed by atoms with Crippen LogP contribution in [0.1, 0.15) is 0 Å². The molecule has 0 spiro atoms. The molecule has 2 heterocycles. The highest BCUT2D eigenvalue weighted by Gasteiger charge is 2.15. The molecule has 1 aliphatic heterocycles. The zero-order valence-electron chi connectivity index (χ0n) is 12.0. The zero-order chi connectivity index (χ0) is 15.8. The van der Waals surface area contributed by atoms with Crippen LogP contribution in [0.25, 0.3) is 22.5 Å². The second-order valence-corrected chi connectivity index (χ2v) is 5.99. The molecule has 1 aliphatic rings. The van der Waals surface area contributed by atoms with Crippen LogP contribution in [0.4, 0.5) is 5.95 Å². The number of anilines is 1. The van der Waals surface area contributed by atoms with Gasteiger partial charge in [-0.1, -0.05) is 28.1 Å². The van der Waals surface area contributed by atoms with Crippen LogP contribution in [0.3, 0.4) is 0 Å². The fourth-order valence-corrected chi connectivity index (χ4v) is 2.70. The third-order valence-electron chi connectivity index (χ3n) is 3.55. The number of hydrogen-bond acceptors (Lipinski definition) is 5. The maximum atomic E-state index is 5.89. The van der Waals surface area contributed by atoms with E-state index < -0.39 is 0 Å². The van der Waals surface area contributed by atoms with Gasteiger partial charge in [-0.15, -0.1) is 0 Å². The summed E-state index contributed by atoms with van der Waals surface area (Å²) in [7, 11) is 0. The first-order chi connectivity index (χ1) is 11.2. The van der Waals surface area contributed by atoms with Crippen molar-refractivity contribution in [3.8, 4) is 34.0 Å². The molecule has 2 N–H and O–H groups in total. The summed E-state index contributed by atoms with van der Waals surface area (Å²) >= 11 is 3.43. The average molecular weight is 370 g/mol. The standard InChI is InChI=1S/C17H12BrN3O2/c18-12-4-1-10(2-5-12)13-8-14(21-17(19)20-13)11-3-6-15-16(7-11)23-9-22-15/h1-8H,9H2,(H2,19,20,21). The highest BCUT2D eigenvalue weighted by Crippen LogP contribution is 2.36. The van der Waals surface area contributed by atoms with E-state index in [1.807, 2.05) is 48.5 Å². The van der Waals surface area contributed by atoms with Gasteiger partial charge in [0.2, 0.25) is 12.7 Å². The Balaban J connectivity index is 1.79. The van der Waals surface area contributed by atoms with Gasteiger partial charge in [0.15, 0.2) is 11.5 Å². The molecular formula is C17H12BrN3O2. The Morgan fingerprint density at radius 2 is 1.48 bits per heavy atom. The summed E-state index contributed by atoms with van der Waals surface area (Å²) in [5.74, 6) is 1.69. The summed E-state index contributed by atoms with van der Waals surface area (Å²) in [5.41, 5.74) is 9.29. The van der Waals surface area contributed by atoms with E-state index in [2.05, 4.69) is 25.9 Å². The van der Waals surface area contributed by atoms with Gasteiger partial charge < -0.3 is 15.2 Å². The van der Waals surface area contributed by atoms with Crippen molar-refractivity contribution in [3.05, 3.63) is 53.0 Å². The van der Waals surface area contributed by atoms with E-state index in [0.29, 0.717) is 5.75 Å². The molecule has 0 bridgehead atoms. The highest BCUT2D eigenvalue weighted by molar-refractivity contribution is 9.10. The van der Waals surface area contributed by atoms with Crippen LogP contribution in [0.5, 0.6) is 11.5 Å². The second kappa shape index (κ2) is 5.55. The van der Waals surface area contributed by atoms with Crippen molar-refractivity contribution in [3.63, 3.8) is 0 Å². The van der Waals surface area contributed by atoms with Crippen molar-refractivity contribution in [2.24, 2.45) is 0 Å². The Morgan fingerprint density at radius 1 is 0.826 bits per heavy atom. The lowest BCUT2D eigenvalue weighted by molar-refractivity contribution is 0.174. The first-order valence-corrected chi connectivity index (χ1v) is 7.79. The zero-order valence-corrected chi connectivity index (χ0v) is 13.6. The molecule has 0 saturated carbocycles. The Labute approximate surface area is 141 Å². The lowest BCUT2D eigenvalue weighted by atomic mass is 10.1. The average Bonchev–Trinajstić information content (AvgIpc) is 3.02. The van der Waals surface area contributed by atoms with Crippen LogP contribution < -0.4 is 15.2 Å². The van der Waals surface area contributed by atoms with E-state index in [0.717, 1.165) is 32.7 Å². The number of halogens is 1. The molecule has 3 aromatic rings. The first-order valence-electron chi connectivity index (χ1n) is 6.99. The molecule has 0 aliphatic carbocycles. The maximum Gasteiger partial charge on any atom is 0.231 e. The van der Waals surface area contributed by atoms with Crippen LogP contribution >= 0.6 is 15.9 Å². The first kappa shape index (κ1) is 14.0. The summed E-state index contributed by atoms with van der Waals surface area (Å²) < 4.78 is 11.8. The SMILES string of the molecule is Nc1nc(-c2ccc(Br)cc2)cc(-c2ccc3c(c2)OCO3)n1. The number of nitrogens with zero attached hydrogens (tertiary/aromatic N) is 2. The molecule has 0 atom stereocenters. The normalized spacial score (nSPS) is 12.4. The lowest BCUT2D eigenvalue weighted by Gasteiger charge is -2.07. The van der Waals surface area contributed by atoms with E-state index in [4.69, 9.17) is 15.2 Å². The molecule has 0 fully saturated rings. The van der Waals surface area contributed by atoms with Gasteiger partial charge in [-0.3, -0.25) is 0 Å². The van der Waals surface area contributed by atoms with E-state index in [9.17, 15) is 0 Å². The number of hydrogen-bond donors (Lipinski definition) is 1. The molecule has 6 heteroatoms. The third kappa shape index (κ3) is 2.73. The minimum absolute atomic E-state index is 0.234. The molecule has 2 aromatic carbocycles. The summed E-state index contributed by atoms with van der Waals surface area (Å²) in [5, 5.41) is 0. The predicted molar refractivity (Wildman–Crippen MR) is 91.1 cm³/mol. The van der Waals surface area contributed by atoms with Gasteiger partial charge in [-0.05, 0) is 36.4 Å². The molecule has 0 radical (unpaired) electrons. The topological polar surface area (TPSA) is 70.3 Å². The van der Waals surface area contributed by atoms with Crippen molar-refractivity contribution in [1.29, 1.82) is 0 Å². The monoisotopic (exact) mass is 369 g/mol. The predicted octanol–water partition coefficient (Wildman–Crippen LogP) is 3.88. The van der Waals surface area contributed by atoms with E-state index in [1.54, 1.807) is 0 Å². The van der Waals surface area contributed by atoms with Crippen molar-refractivity contribution in [1.82, 2.24) is 9.97 Å². The highest BCUT2D eigenvalue weighted by atomic mass is 79.9. The number of nitrogens with two attached hydrogens (primary N) is 1. The Morgan fingerprint density at radius 3 is 2.26 bits per heavy atom. The second-order valence-electron chi connectivity index (χ2n) is 5.07. The summed E-state index contributed by atoms with van der Waals surface area (Å²) in [4.78, 5) is 8.66. The van der Waals surface area contributed by atoms with E-state index >= 15 is 0 Å². The third-order valence-corrected chi connectivity index (χ3v) is 4.08. The van der Waals surface area contributed by atoms with E-state index in [-0.39, 0.29) is 12.7 Å². The van der Waals surface area contributed by atoms with Gasteiger partial charge in [0, 0.05) is 15.6 Å². The maximum absolute atomic E-state index is 5.89. The minimum atomic E-state index is 0.234.